The summed E-state index contributed by atoms with van der Waals surface area (Å²) in [6, 6.07) is 2.89. The SMILES string of the molecule is CC1(CC(F)(F)F)CCc2nc(Cl)ccc2C1=O. The molecule has 6 heteroatoms. The smallest absolute Gasteiger partial charge is 0.293 e. The molecule has 1 heterocycles. The van der Waals surface area contributed by atoms with E-state index in [0.29, 0.717) is 12.1 Å². The van der Waals surface area contributed by atoms with Crippen molar-refractivity contribution in [3.05, 3.63) is 28.5 Å². The van der Waals surface area contributed by atoms with Crippen LogP contribution in [0, 0.1) is 5.41 Å². The second-order valence-corrected chi connectivity index (χ2v) is 5.20. The predicted octanol–water partition coefficient (Wildman–Crippen LogP) is 3.82. The maximum absolute atomic E-state index is 12.5. The highest BCUT2D eigenvalue weighted by molar-refractivity contribution is 6.29. The lowest BCUT2D eigenvalue weighted by molar-refractivity contribution is -0.152. The summed E-state index contributed by atoms with van der Waals surface area (Å²) in [6.45, 7) is 1.36. The van der Waals surface area contributed by atoms with Crippen molar-refractivity contribution in [2.24, 2.45) is 5.41 Å². The number of carbonyl (C=O) groups excluding carboxylic acids is 1. The maximum Gasteiger partial charge on any atom is 0.390 e. The molecule has 0 spiro atoms. The Morgan fingerprint density at radius 1 is 1.44 bits per heavy atom. The highest BCUT2D eigenvalue weighted by Gasteiger charge is 2.46. The molecule has 0 bridgehead atoms. The van der Waals surface area contributed by atoms with E-state index in [0.717, 1.165) is 0 Å². The molecule has 0 aliphatic heterocycles. The average Bonchev–Trinajstić information content (AvgIpc) is 2.22. The van der Waals surface area contributed by atoms with Crippen LogP contribution in [0.2, 0.25) is 5.15 Å². The molecule has 0 fully saturated rings. The van der Waals surface area contributed by atoms with E-state index in [2.05, 4.69) is 4.98 Å². The van der Waals surface area contributed by atoms with E-state index < -0.39 is 23.8 Å². The highest BCUT2D eigenvalue weighted by Crippen LogP contribution is 2.42. The topological polar surface area (TPSA) is 30.0 Å². The van der Waals surface area contributed by atoms with Crippen molar-refractivity contribution in [2.45, 2.75) is 32.4 Å². The minimum absolute atomic E-state index is 0.145. The van der Waals surface area contributed by atoms with Gasteiger partial charge in [-0.1, -0.05) is 18.5 Å². The third kappa shape index (κ3) is 2.51. The minimum atomic E-state index is -4.35. The normalized spacial score (nSPS) is 23.9. The van der Waals surface area contributed by atoms with Crippen LogP contribution in [0.3, 0.4) is 0 Å². The van der Waals surface area contributed by atoms with Gasteiger partial charge in [-0.15, -0.1) is 0 Å². The molecular weight excluding hydrogens is 267 g/mol. The molecule has 1 aromatic heterocycles. The van der Waals surface area contributed by atoms with Gasteiger partial charge in [-0.3, -0.25) is 4.79 Å². The van der Waals surface area contributed by atoms with Crippen LogP contribution in [-0.2, 0) is 6.42 Å². The molecule has 0 aromatic carbocycles. The lowest BCUT2D eigenvalue weighted by Crippen LogP contribution is -2.37. The number of carbonyl (C=O) groups is 1. The lowest BCUT2D eigenvalue weighted by Gasteiger charge is -2.33. The first-order valence-electron chi connectivity index (χ1n) is 5.48. The van der Waals surface area contributed by atoms with Gasteiger partial charge >= 0.3 is 6.18 Å². The summed E-state index contributed by atoms with van der Waals surface area (Å²) in [5.74, 6) is -0.495. The molecule has 98 valence electrons. The number of fused-ring (bicyclic) bond motifs is 1. The van der Waals surface area contributed by atoms with Gasteiger partial charge in [-0.2, -0.15) is 13.2 Å². The van der Waals surface area contributed by atoms with E-state index in [9.17, 15) is 18.0 Å². The fraction of sp³-hybridized carbons (Fsp3) is 0.500. The Balaban J connectivity index is 2.36. The third-order valence-corrected chi connectivity index (χ3v) is 3.45. The summed E-state index contributed by atoms with van der Waals surface area (Å²) in [5.41, 5.74) is -0.634. The van der Waals surface area contributed by atoms with Gasteiger partial charge in [0.2, 0.25) is 0 Å². The van der Waals surface area contributed by atoms with Gasteiger partial charge in [-0.05, 0) is 25.0 Å². The van der Waals surface area contributed by atoms with E-state index in [1.54, 1.807) is 0 Å². The van der Waals surface area contributed by atoms with E-state index in [1.165, 1.54) is 19.1 Å². The van der Waals surface area contributed by atoms with E-state index >= 15 is 0 Å². The van der Waals surface area contributed by atoms with Crippen molar-refractivity contribution in [1.29, 1.82) is 0 Å². The lowest BCUT2D eigenvalue weighted by atomic mass is 9.71. The predicted molar refractivity (Wildman–Crippen MR) is 60.7 cm³/mol. The zero-order valence-electron chi connectivity index (χ0n) is 9.64. The zero-order chi connectivity index (χ0) is 13.6. The largest absolute Gasteiger partial charge is 0.390 e. The number of halogens is 4. The van der Waals surface area contributed by atoms with Gasteiger partial charge in [-0.25, -0.2) is 4.98 Å². The maximum atomic E-state index is 12.5. The zero-order valence-corrected chi connectivity index (χ0v) is 10.4. The van der Waals surface area contributed by atoms with Gasteiger partial charge in [0.05, 0.1) is 12.1 Å². The molecular formula is C12H11ClF3NO. The number of aryl methyl sites for hydroxylation is 1. The second-order valence-electron chi connectivity index (χ2n) is 4.81. The number of pyridine rings is 1. The molecule has 0 amide bonds. The monoisotopic (exact) mass is 277 g/mol. The van der Waals surface area contributed by atoms with Crippen LogP contribution < -0.4 is 0 Å². The number of alkyl halides is 3. The Hall–Kier alpha value is -1.10. The van der Waals surface area contributed by atoms with Crippen LogP contribution in [0.15, 0.2) is 12.1 Å². The third-order valence-electron chi connectivity index (χ3n) is 3.24. The first-order valence-corrected chi connectivity index (χ1v) is 5.86. The molecule has 1 atom stereocenters. The number of hydrogen-bond donors (Lipinski definition) is 0. The minimum Gasteiger partial charge on any atom is -0.293 e. The summed E-state index contributed by atoms with van der Waals surface area (Å²) >= 11 is 5.70. The van der Waals surface area contributed by atoms with Crippen LogP contribution in [-0.4, -0.2) is 16.9 Å². The summed E-state index contributed by atoms with van der Waals surface area (Å²) in [6.07, 6.45) is -4.96. The molecule has 2 nitrogen and oxygen atoms in total. The standard InChI is InChI=1S/C12H11ClF3NO/c1-11(6-12(14,15)16)5-4-8-7(10(11)18)2-3-9(13)17-8/h2-3H,4-6H2,1H3. The van der Waals surface area contributed by atoms with Crippen LogP contribution in [0.25, 0.3) is 0 Å². The van der Waals surface area contributed by atoms with E-state index in [-0.39, 0.29) is 17.1 Å². The molecule has 0 radical (unpaired) electrons. The number of aromatic nitrogens is 1. The molecule has 0 saturated heterocycles. The van der Waals surface area contributed by atoms with Gasteiger partial charge < -0.3 is 0 Å². The van der Waals surface area contributed by atoms with Gasteiger partial charge in [0.25, 0.3) is 0 Å². The van der Waals surface area contributed by atoms with E-state index in [4.69, 9.17) is 11.6 Å². The summed E-state index contributed by atoms with van der Waals surface area (Å²) in [7, 11) is 0. The quantitative estimate of drug-likeness (QED) is 0.731. The Bertz CT molecular complexity index is 501. The van der Waals surface area contributed by atoms with Crippen molar-refractivity contribution in [3.8, 4) is 0 Å². The number of rotatable bonds is 1. The van der Waals surface area contributed by atoms with Crippen LogP contribution >= 0.6 is 11.6 Å². The molecule has 18 heavy (non-hydrogen) atoms. The summed E-state index contributed by atoms with van der Waals surface area (Å²) < 4.78 is 37.5. The fourth-order valence-electron chi connectivity index (χ4n) is 2.32. The molecule has 1 aliphatic carbocycles. The number of nitrogens with zero attached hydrogens (tertiary/aromatic N) is 1. The first kappa shape index (κ1) is 13.3. The Morgan fingerprint density at radius 3 is 2.72 bits per heavy atom. The Labute approximate surface area is 107 Å². The molecule has 1 aliphatic rings. The van der Waals surface area contributed by atoms with Crippen LogP contribution in [0.1, 0.15) is 35.8 Å². The molecule has 2 rings (SSSR count). The van der Waals surface area contributed by atoms with Gasteiger partial charge in [0.15, 0.2) is 5.78 Å². The fourth-order valence-corrected chi connectivity index (χ4v) is 2.48. The van der Waals surface area contributed by atoms with Gasteiger partial charge in [0, 0.05) is 11.0 Å². The van der Waals surface area contributed by atoms with Crippen LogP contribution in [0.5, 0.6) is 0 Å². The Morgan fingerprint density at radius 2 is 2.11 bits per heavy atom. The number of ketones is 1. The molecule has 1 aromatic rings. The molecule has 0 N–H and O–H groups in total. The van der Waals surface area contributed by atoms with Crippen LogP contribution in [0.4, 0.5) is 13.2 Å². The summed E-state index contributed by atoms with van der Waals surface area (Å²) in [5, 5.41) is 0.251. The second kappa shape index (κ2) is 4.23. The van der Waals surface area contributed by atoms with E-state index in [1.807, 2.05) is 0 Å². The van der Waals surface area contributed by atoms with Crippen molar-refractivity contribution in [2.75, 3.05) is 0 Å². The average molecular weight is 278 g/mol. The molecule has 1 unspecified atom stereocenters. The van der Waals surface area contributed by atoms with Crippen molar-refractivity contribution < 1.29 is 18.0 Å². The van der Waals surface area contributed by atoms with Crippen molar-refractivity contribution in [3.63, 3.8) is 0 Å². The first-order chi connectivity index (χ1) is 8.21. The Kier molecular flexibility index (Phi) is 3.13. The summed E-state index contributed by atoms with van der Waals surface area (Å²) in [4.78, 5) is 16.1. The van der Waals surface area contributed by atoms with Crippen molar-refractivity contribution in [1.82, 2.24) is 4.98 Å². The number of hydrogen-bond acceptors (Lipinski definition) is 2. The number of Topliss-reactive ketones (excluding diaryl/α,β-unsaturated/α-hetero) is 1. The van der Waals surface area contributed by atoms with Gasteiger partial charge in [0.1, 0.15) is 5.15 Å². The molecule has 0 saturated carbocycles. The highest BCUT2D eigenvalue weighted by atomic mass is 35.5. The van der Waals surface area contributed by atoms with Crippen molar-refractivity contribution >= 4 is 17.4 Å².